The van der Waals surface area contributed by atoms with Crippen molar-refractivity contribution in [2.75, 3.05) is 7.11 Å². The molecule has 5 nitrogen and oxygen atoms in total. The van der Waals surface area contributed by atoms with Gasteiger partial charge in [-0.25, -0.2) is 4.79 Å². The number of hydrogen-bond acceptors (Lipinski definition) is 3. The highest BCUT2D eigenvalue weighted by Crippen LogP contribution is 2.31. The molecule has 1 aromatic rings. The second kappa shape index (κ2) is 3.32. The van der Waals surface area contributed by atoms with Crippen molar-refractivity contribution in [3.63, 3.8) is 0 Å². The molecule has 1 aliphatic carbocycles. The standard InChI is InChI=1S/C9H12N2O3/c1-14-8-7(9(12)13)5-11(10-8)4-6-2-3-6/h5-6H,2-4H2,1H3,(H,12,13). The fraction of sp³-hybridized carbons (Fsp3) is 0.556. The van der Waals surface area contributed by atoms with Crippen LogP contribution in [0.3, 0.4) is 0 Å². The Morgan fingerprint density at radius 3 is 2.93 bits per heavy atom. The van der Waals surface area contributed by atoms with Crippen LogP contribution in [0, 0.1) is 5.92 Å². The lowest BCUT2D eigenvalue weighted by molar-refractivity contribution is 0.0693. The van der Waals surface area contributed by atoms with Crippen LogP contribution >= 0.6 is 0 Å². The van der Waals surface area contributed by atoms with Crippen molar-refractivity contribution in [3.05, 3.63) is 11.8 Å². The Hall–Kier alpha value is -1.52. The van der Waals surface area contributed by atoms with Crippen molar-refractivity contribution >= 4 is 5.97 Å². The van der Waals surface area contributed by atoms with E-state index in [0.29, 0.717) is 5.92 Å². The van der Waals surface area contributed by atoms with E-state index < -0.39 is 5.97 Å². The van der Waals surface area contributed by atoms with E-state index in [1.807, 2.05) is 0 Å². The van der Waals surface area contributed by atoms with Crippen LogP contribution < -0.4 is 4.74 Å². The molecule has 0 aromatic carbocycles. The van der Waals surface area contributed by atoms with Gasteiger partial charge in [0.15, 0.2) is 0 Å². The topological polar surface area (TPSA) is 64.4 Å². The third kappa shape index (κ3) is 1.71. The van der Waals surface area contributed by atoms with Crippen molar-refractivity contribution < 1.29 is 14.6 Å². The zero-order valence-corrected chi connectivity index (χ0v) is 7.93. The van der Waals surface area contributed by atoms with Gasteiger partial charge >= 0.3 is 5.97 Å². The minimum absolute atomic E-state index is 0.133. The van der Waals surface area contributed by atoms with Gasteiger partial charge in [-0.15, -0.1) is 5.10 Å². The molecule has 0 bridgehead atoms. The lowest BCUT2D eigenvalue weighted by Gasteiger charge is -1.96. The lowest BCUT2D eigenvalue weighted by Crippen LogP contribution is -2.00. The van der Waals surface area contributed by atoms with Crippen molar-refractivity contribution in [3.8, 4) is 5.88 Å². The lowest BCUT2D eigenvalue weighted by atomic mass is 10.3. The molecule has 0 unspecified atom stereocenters. The van der Waals surface area contributed by atoms with Gasteiger partial charge in [0.2, 0.25) is 5.88 Å². The Morgan fingerprint density at radius 2 is 2.50 bits per heavy atom. The monoisotopic (exact) mass is 196 g/mol. The third-order valence-corrected chi connectivity index (χ3v) is 2.29. The highest BCUT2D eigenvalue weighted by molar-refractivity contribution is 5.89. The fourth-order valence-corrected chi connectivity index (χ4v) is 1.36. The van der Waals surface area contributed by atoms with Gasteiger partial charge in [0.25, 0.3) is 0 Å². The summed E-state index contributed by atoms with van der Waals surface area (Å²) in [4.78, 5) is 10.8. The van der Waals surface area contributed by atoms with Gasteiger partial charge in [-0.3, -0.25) is 4.68 Å². The number of methoxy groups -OCH3 is 1. The van der Waals surface area contributed by atoms with Gasteiger partial charge in [-0.1, -0.05) is 0 Å². The predicted molar refractivity (Wildman–Crippen MR) is 48.5 cm³/mol. The SMILES string of the molecule is COc1nn(CC2CC2)cc1C(=O)O. The Kier molecular flexibility index (Phi) is 2.15. The first-order chi connectivity index (χ1) is 6.70. The molecule has 1 fully saturated rings. The summed E-state index contributed by atoms with van der Waals surface area (Å²) in [6.45, 7) is 0.795. The number of aromatic nitrogens is 2. The quantitative estimate of drug-likeness (QED) is 0.780. The molecule has 1 saturated carbocycles. The number of hydrogen-bond donors (Lipinski definition) is 1. The Bertz CT molecular complexity index is 355. The summed E-state index contributed by atoms with van der Waals surface area (Å²) in [6.07, 6.45) is 3.95. The summed E-state index contributed by atoms with van der Waals surface area (Å²) in [7, 11) is 1.43. The van der Waals surface area contributed by atoms with Gasteiger partial charge < -0.3 is 9.84 Å². The van der Waals surface area contributed by atoms with Crippen LogP contribution in [0.2, 0.25) is 0 Å². The van der Waals surface area contributed by atoms with Crippen LogP contribution in [0.5, 0.6) is 5.88 Å². The molecule has 1 aromatic heterocycles. The summed E-state index contributed by atoms with van der Waals surface area (Å²) in [5.74, 6) is -0.136. The number of carboxylic acid groups (broad SMARTS) is 1. The number of aromatic carboxylic acids is 1. The first kappa shape index (κ1) is 9.05. The van der Waals surface area contributed by atoms with Crippen LogP contribution in [0.25, 0.3) is 0 Å². The molecule has 0 atom stereocenters. The van der Waals surface area contributed by atoms with Gasteiger partial charge in [0, 0.05) is 12.7 Å². The largest absolute Gasteiger partial charge is 0.479 e. The van der Waals surface area contributed by atoms with Gasteiger partial charge in [-0.2, -0.15) is 0 Å². The Labute approximate surface area is 81.3 Å². The van der Waals surface area contributed by atoms with Crippen molar-refractivity contribution in [2.45, 2.75) is 19.4 Å². The van der Waals surface area contributed by atoms with E-state index in [-0.39, 0.29) is 11.4 Å². The molecular formula is C9H12N2O3. The average Bonchev–Trinajstić information content (AvgIpc) is 2.83. The zero-order chi connectivity index (χ0) is 10.1. The average molecular weight is 196 g/mol. The molecule has 1 heterocycles. The second-order valence-corrected chi connectivity index (χ2v) is 3.52. The molecule has 0 saturated heterocycles. The minimum Gasteiger partial charge on any atom is -0.479 e. The molecule has 14 heavy (non-hydrogen) atoms. The number of carbonyl (C=O) groups is 1. The molecule has 76 valence electrons. The summed E-state index contributed by atoms with van der Waals surface area (Å²) < 4.78 is 6.53. The maximum absolute atomic E-state index is 10.8. The highest BCUT2D eigenvalue weighted by Gasteiger charge is 2.24. The van der Waals surface area contributed by atoms with E-state index in [4.69, 9.17) is 9.84 Å². The van der Waals surface area contributed by atoms with Crippen molar-refractivity contribution in [1.29, 1.82) is 0 Å². The number of carboxylic acids is 1. The van der Waals surface area contributed by atoms with Crippen molar-refractivity contribution in [2.24, 2.45) is 5.92 Å². The van der Waals surface area contributed by atoms with Gasteiger partial charge in [0.05, 0.1) is 7.11 Å². The highest BCUT2D eigenvalue weighted by atomic mass is 16.5. The van der Waals surface area contributed by atoms with E-state index >= 15 is 0 Å². The predicted octanol–water partition coefficient (Wildman–Crippen LogP) is 1.000. The van der Waals surface area contributed by atoms with Crippen molar-refractivity contribution in [1.82, 2.24) is 9.78 Å². The van der Waals surface area contributed by atoms with E-state index in [1.165, 1.54) is 26.1 Å². The Balaban J connectivity index is 2.20. The van der Waals surface area contributed by atoms with E-state index in [9.17, 15) is 4.79 Å². The molecule has 0 aliphatic heterocycles. The maximum Gasteiger partial charge on any atom is 0.342 e. The van der Waals surface area contributed by atoms with E-state index in [2.05, 4.69) is 5.10 Å². The minimum atomic E-state index is -0.996. The van der Waals surface area contributed by atoms with Crippen LogP contribution in [0.1, 0.15) is 23.2 Å². The third-order valence-electron chi connectivity index (χ3n) is 2.29. The molecular weight excluding hydrogens is 184 g/mol. The van der Waals surface area contributed by atoms with Gasteiger partial charge in [0.1, 0.15) is 5.56 Å². The first-order valence-corrected chi connectivity index (χ1v) is 4.55. The normalized spacial score (nSPS) is 15.5. The molecule has 0 spiro atoms. The smallest absolute Gasteiger partial charge is 0.342 e. The number of nitrogens with zero attached hydrogens (tertiary/aromatic N) is 2. The molecule has 0 radical (unpaired) electrons. The first-order valence-electron chi connectivity index (χ1n) is 4.55. The summed E-state index contributed by atoms with van der Waals surface area (Å²) >= 11 is 0. The zero-order valence-electron chi connectivity index (χ0n) is 7.93. The maximum atomic E-state index is 10.8. The molecule has 5 heteroatoms. The van der Waals surface area contributed by atoms with Crippen LogP contribution in [-0.4, -0.2) is 28.0 Å². The summed E-state index contributed by atoms with van der Waals surface area (Å²) in [5, 5.41) is 12.9. The second-order valence-electron chi connectivity index (χ2n) is 3.52. The van der Waals surface area contributed by atoms with Gasteiger partial charge in [-0.05, 0) is 18.8 Å². The van der Waals surface area contributed by atoms with E-state index in [0.717, 1.165) is 6.54 Å². The van der Waals surface area contributed by atoms with Crippen LogP contribution in [0.4, 0.5) is 0 Å². The Morgan fingerprint density at radius 1 is 1.79 bits per heavy atom. The molecule has 2 rings (SSSR count). The fourth-order valence-electron chi connectivity index (χ4n) is 1.36. The molecule has 1 aliphatic rings. The van der Waals surface area contributed by atoms with Crippen LogP contribution in [0.15, 0.2) is 6.20 Å². The number of ether oxygens (including phenoxy) is 1. The number of rotatable bonds is 4. The molecule has 1 N–H and O–H groups in total. The van der Waals surface area contributed by atoms with Crippen LogP contribution in [-0.2, 0) is 6.54 Å². The summed E-state index contributed by atoms with van der Waals surface area (Å²) in [5.41, 5.74) is 0.133. The van der Waals surface area contributed by atoms with E-state index in [1.54, 1.807) is 4.68 Å². The summed E-state index contributed by atoms with van der Waals surface area (Å²) in [6, 6.07) is 0. The molecule has 0 amide bonds.